The number of likely N-dealkylation sites (tertiary alicyclic amines) is 1. The molecule has 0 aromatic carbocycles. The van der Waals surface area contributed by atoms with Crippen LogP contribution in [0.2, 0.25) is 0 Å². The predicted molar refractivity (Wildman–Crippen MR) is 94.8 cm³/mol. The molecule has 2 amide bonds. The van der Waals surface area contributed by atoms with Gasteiger partial charge in [-0.2, -0.15) is 11.3 Å². The molecular weight excluding hydrogens is 310 g/mol. The van der Waals surface area contributed by atoms with E-state index in [1.807, 2.05) is 16.8 Å². The highest BCUT2D eigenvalue weighted by atomic mass is 32.1. The minimum Gasteiger partial charge on any atom is -0.384 e. The van der Waals surface area contributed by atoms with Crippen LogP contribution in [0.3, 0.4) is 0 Å². The van der Waals surface area contributed by atoms with Gasteiger partial charge < -0.3 is 15.7 Å². The van der Waals surface area contributed by atoms with Crippen molar-refractivity contribution in [1.82, 2.24) is 15.5 Å². The van der Waals surface area contributed by atoms with Crippen LogP contribution in [0.1, 0.15) is 45.6 Å². The van der Waals surface area contributed by atoms with Crippen LogP contribution in [0.25, 0.3) is 0 Å². The van der Waals surface area contributed by atoms with Crippen molar-refractivity contribution in [2.75, 3.05) is 26.2 Å². The van der Waals surface area contributed by atoms with Gasteiger partial charge in [0.15, 0.2) is 0 Å². The first kappa shape index (κ1) is 18.2. The van der Waals surface area contributed by atoms with Gasteiger partial charge in [-0.05, 0) is 69.1 Å². The summed E-state index contributed by atoms with van der Waals surface area (Å²) in [7, 11) is 0. The maximum absolute atomic E-state index is 12.0. The van der Waals surface area contributed by atoms with Crippen LogP contribution in [0.4, 0.5) is 4.79 Å². The Morgan fingerprint density at radius 3 is 2.48 bits per heavy atom. The fraction of sp³-hybridized carbons (Fsp3) is 0.706. The van der Waals surface area contributed by atoms with Crippen LogP contribution in [0.15, 0.2) is 16.8 Å². The molecule has 3 N–H and O–H groups in total. The monoisotopic (exact) mass is 339 g/mol. The summed E-state index contributed by atoms with van der Waals surface area (Å²) in [5.41, 5.74) is -0.260. The molecule has 6 heteroatoms. The maximum atomic E-state index is 12.0. The van der Waals surface area contributed by atoms with Crippen molar-refractivity contribution in [3.8, 4) is 0 Å². The lowest BCUT2D eigenvalue weighted by Gasteiger charge is -2.41. The number of hydrogen-bond donors (Lipinski definition) is 3. The highest BCUT2D eigenvalue weighted by Crippen LogP contribution is 2.22. The Morgan fingerprint density at radius 2 is 1.87 bits per heavy atom. The highest BCUT2D eigenvalue weighted by molar-refractivity contribution is 7.08. The fourth-order valence-corrected chi connectivity index (χ4v) is 3.68. The van der Waals surface area contributed by atoms with Crippen molar-refractivity contribution in [3.05, 3.63) is 22.4 Å². The van der Waals surface area contributed by atoms with Crippen molar-refractivity contribution in [2.24, 2.45) is 0 Å². The first-order chi connectivity index (χ1) is 10.8. The summed E-state index contributed by atoms with van der Waals surface area (Å²) in [6, 6.07) is 1.65. The van der Waals surface area contributed by atoms with E-state index in [4.69, 9.17) is 0 Å². The maximum Gasteiger partial charge on any atom is 0.314 e. The number of carbonyl (C=O) groups excluding carboxylic acids is 1. The zero-order chi connectivity index (χ0) is 16.9. The number of carbonyl (C=O) groups is 1. The second-order valence-corrected chi connectivity index (χ2v) is 7.96. The van der Waals surface area contributed by atoms with Gasteiger partial charge in [-0.3, -0.25) is 4.90 Å². The minimum atomic E-state index is -1.04. The molecule has 0 aliphatic carbocycles. The number of rotatable bonds is 6. The van der Waals surface area contributed by atoms with E-state index < -0.39 is 5.60 Å². The SMILES string of the molecule is CC(O)(CNC(=O)NCC(C)(C)N1CCCCC1)c1ccsc1. The Morgan fingerprint density at radius 1 is 1.22 bits per heavy atom. The first-order valence-corrected chi connectivity index (χ1v) is 9.27. The molecule has 1 aliphatic heterocycles. The van der Waals surface area contributed by atoms with Gasteiger partial charge in [-0.15, -0.1) is 0 Å². The molecule has 0 spiro atoms. The number of hydrogen-bond acceptors (Lipinski definition) is 4. The summed E-state index contributed by atoms with van der Waals surface area (Å²) in [6.45, 7) is 9.04. The second kappa shape index (κ2) is 7.64. The van der Waals surface area contributed by atoms with Gasteiger partial charge in [0.05, 0.1) is 6.54 Å². The van der Waals surface area contributed by atoms with Crippen molar-refractivity contribution in [1.29, 1.82) is 0 Å². The third-order valence-corrected chi connectivity index (χ3v) is 5.31. The summed E-state index contributed by atoms with van der Waals surface area (Å²) >= 11 is 1.54. The van der Waals surface area contributed by atoms with Crippen LogP contribution in [0, 0.1) is 0 Å². The van der Waals surface area contributed by atoms with Crippen molar-refractivity contribution in [3.63, 3.8) is 0 Å². The van der Waals surface area contributed by atoms with E-state index >= 15 is 0 Å². The van der Waals surface area contributed by atoms with E-state index in [-0.39, 0.29) is 18.1 Å². The van der Waals surface area contributed by atoms with E-state index in [1.54, 1.807) is 6.92 Å². The topological polar surface area (TPSA) is 64.6 Å². The van der Waals surface area contributed by atoms with E-state index in [0.29, 0.717) is 6.54 Å². The second-order valence-electron chi connectivity index (χ2n) is 7.18. The van der Waals surface area contributed by atoms with Crippen molar-refractivity contribution < 1.29 is 9.90 Å². The summed E-state index contributed by atoms with van der Waals surface area (Å²) in [6.07, 6.45) is 3.77. The molecule has 1 aliphatic rings. The number of amides is 2. The molecule has 2 rings (SSSR count). The number of piperidine rings is 1. The Balaban J connectivity index is 1.76. The molecular formula is C17H29N3O2S. The Labute approximate surface area is 143 Å². The molecule has 5 nitrogen and oxygen atoms in total. The number of nitrogens with zero attached hydrogens (tertiary/aromatic N) is 1. The molecule has 1 aromatic heterocycles. The van der Waals surface area contributed by atoms with Crippen LogP contribution < -0.4 is 10.6 Å². The molecule has 130 valence electrons. The normalized spacial score (nSPS) is 19.1. The molecule has 1 fully saturated rings. The number of aliphatic hydroxyl groups is 1. The van der Waals surface area contributed by atoms with E-state index in [1.165, 1.54) is 30.6 Å². The lowest BCUT2D eigenvalue weighted by atomic mass is 9.98. The van der Waals surface area contributed by atoms with E-state index in [0.717, 1.165) is 18.7 Å². The minimum absolute atomic E-state index is 0.0480. The molecule has 1 atom stereocenters. The van der Waals surface area contributed by atoms with Gasteiger partial charge in [0.2, 0.25) is 0 Å². The molecule has 2 heterocycles. The van der Waals surface area contributed by atoms with Crippen LogP contribution in [-0.4, -0.2) is 47.8 Å². The van der Waals surface area contributed by atoms with Gasteiger partial charge in [-0.1, -0.05) is 6.42 Å². The van der Waals surface area contributed by atoms with Crippen molar-refractivity contribution >= 4 is 17.4 Å². The lowest BCUT2D eigenvalue weighted by molar-refractivity contribution is 0.0592. The Kier molecular flexibility index (Phi) is 6.06. The third kappa shape index (κ3) is 5.19. The molecule has 1 unspecified atom stereocenters. The molecule has 23 heavy (non-hydrogen) atoms. The predicted octanol–water partition coefficient (Wildman–Crippen LogP) is 2.52. The summed E-state index contributed by atoms with van der Waals surface area (Å²) < 4.78 is 0. The van der Waals surface area contributed by atoms with Gasteiger partial charge in [0.1, 0.15) is 5.60 Å². The van der Waals surface area contributed by atoms with Crippen molar-refractivity contribution in [2.45, 2.75) is 51.2 Å². The zero-order valence-corrected chi connectivity index (χ0v) is 15.2. The van der Waals surface area contributed by atoms with Crippen LogP contribution in [-0.2, 0) is 5.60 Å². The molecule has 1 aromatic rings. The zero-order valence-electron chi connectivity index (χ0n) is 14.4. The molecule has 0 radical (unpaired) electrons. The number of thiophene rings is 1. The first-order valence-electron chi connectivity index (χ1n) is 8.33. The lowest BCUT2D eigenvalue weighted by Crippen LogP contribution is -2.55. The molecule has 0 saturated carbocycles. The van der Waals surface area contributed by atoms with Gasteiger partial charge in [0.25, 0.3) is 0 Å². The van der Waals surface area contributed by atoms with E-state index in [2.05, 4.69) is 29.4 Å². The molecule has 1 saturated heterocycles. The standard InChI is InChI=1S/C17H29N3O2S/c1-16(2,20-8-5-4-6-9-20)12-18-15(21)19-13-17(3,22)14-7-10-23-11-14/h7,10-11,22H,4-6,8-9,12-13H2,1-3H3,(H2,18,19,21). The van der Waals surface area contributed by atoms with E-state index in [9.17, 15) is 9.90 Å². The summed E-state index contributed by atoms with van der Waals surface area (Å²) in [5.74, 6) is 0. The quantitative estimate of drug-likeness (QED) is 0.746. The summed E-state index contributed by atoms with van der Waals surface area (Å²) in [4.78, 5) is 14.5. The van der Waals surface area contributed by atoms with Gasteiger partial charge in [0, 0.05) is 12.1 Å². The fourth-order valence-electron chi connectivity index (χ4n) is 2.90. The summed E-state index contributed by atoms with van der Waals surface area (Å²) in [5, 5.41) is 19.9. The number of nitrogens with one attached hydrogen (secondary N) is 2. The third-order valence-electron chi connectivity index (χ3n) is 4.63. The smallest absolute Gasteiger partial charge is 0.314 e. The van der Waals surface area contributed by atoms with Gasteiger partial charge in [-0.25, -0.2) is 4.79 Å². The Bertz CT molecular complexity index is 494. The average Bonchev–Trinajstić information content (AvgIpc) is 3.07. The van der Waals surface area contributed by atoms with Gasteiger partial charge >= 0.3 is 6.03 Å². The van der Waals surface area contributed by atoms with Crippen LogP contribution >= 0.6 is 11.3 Å². The molecule has 0 bridgehead atoms. The van der Waals surface area contributed by atoms with Crippen LogP contribution in [0.5, 0.6) is 0 Å². The number of urea groups is 1. The Hall–Kier alpha value is -1.11. The highest BCUT2D eigenvalue weighted by Gasteiger charge is 2.29. The average molecular weight is 340 g/mol. The largest absolute Gasteiger partial charge is 0.384 e.